The lowest BCUT2D eigenvalue weighted by Gasteiger charge is -2.27. The summed E-state index contributed by atoms with van der Waals surface area (Å²) in [5.74, 6) is 0.302. The zero-order valence-electron chi connectivity index (χ0n) is 13.0. The number of carbonyl (C=O) groups excluding carboxylic acids is 1. The number of piperazine rings is 1. The Kier molecular flexibility index (Phi) is 6.51. The molecule has 10 heteroatoms. The number of quaternary nitrogens is 1. The number of nitrogens with one attached hydrogen (secondary N) is 2. The second kappa shape index (κ2) is 8.86. The Morgan fingerprint density at radius 1 is 1.43 bits per heavy atom. The molecule has 23 heavy (non-hydrogen) atoms. The van der Waals surface area contributed by atoms with Gasteiger partial charge in [0.1, 0.15) is 11.5 Å². The van der Waals surface area contributed by atoms with E-state index >= 15 is 0 Å². The number of esters is 1. The first-order chi connectivity index (χ1) is 11.2. The fourth-order valence-corrected chi connectivity index (χ4v) is 1.99. The topological polar surface area (TPSA) is 133 Å². The van der Waals surface area contributed by atoms with E-state index in [-0.39, 0.29) is 18.3 Å². The van der Waals surface area contributed by atoms with E-state index < -0.39 is 0 Å². The second-order valence-corrected chi connectivity index (χ2v) is 4.75. The highest BCUT2D eigenvalue weighted by atomic mass is 16.5. The van der Waals surface area contributed by atoms with E-state index in [0.717, 1.165) is 32.0 Å². The Morgan fingerprint density at radius 3 is 2.87 bits per heavy atom. The number of anilines is 1. The first-order valence-electron chi connectivity index (χ1n) is 7.45. The van der Waals surface area contributed by atoms with Crippen molar-refractivity contribution >= 4 is 17.6 Å². The number of carbonyl (C=O) groups is 1. The van der Waals surface area contributed by atoms with Crippen LogP contribution < -0.4 is 15.6 Å². The van der Waals surface area contributed by atoms with Gasteiger partial charge >= 0.3 is 5.97 Å². The maximum atomic E-state index is 11.1. The molecule has 1 aliphatic rings. The van der Waals surface area contributed by atoms with Crippen LogP contribution in [0.15, 0.2) is 22.7 Å². The van der Waals surface area contributed by atoms with Crippen molar-refractivity contribution in [2.24, 2.45) is 10.3 Å². The van der Waals surface area contributed by atoms with E-state index in [1.165, 1.54) is 11.6 Å². The number of hydrogen-bond donors (Lipinski definition) is 3. The summed E-state index contributed by atoms with van der Waals surface area (Å²) in [6.45, 7) is 5.69. The number of aromatic nitrogens is 2. The van der Waals surface area contributed by atoms with E-state index in [4.69, 9.17) is 10.1 Å². The van der Waals surface area contributed by atoms with Crippen LogP contribution >= 0.6 is 0 Å². The summed E-state index contributed by atoms with van der Waals surface area (Å²) < 4.78 is 4.75. The van der Waals surface area contributed by atoms with Gasteiger partial charge in [0.2, 0.25) is 0 Å². The average Bonchev–Trinajstić information content (AvgIpc) is 2.60. The minimum atomic E-state index is -0.377. The Hall–Kier alpha value is -2.46. The summed E-state index contributed by atoms with van der Waals surface area (Å²) in [5.41, 5.74) is 1.63. The van der Waals surface area contributed by atoms with Crippen LogP contribution in [0.2, 0.25) is 0 Å². The number of hydrogen-bond acceptors (Lipinski definition) is 8. The van der Waals surface area contributed by atoms with Crippen LogP contribution in [-0.4, -0.2) is 61.1 Å². The van der Waals surface area contributed by atoms with Gasteiger partial charge in [-0.15, -0.1) is 0 Å². The van der Waals surface area contributed by atoms with E-state index in [2.05, 4.69) is 30.5 Å². The molecule has 1 aromatic heterocycles. The van der Waals surface area contributed by atoms with Crippen molar-refractivity contribution in [3.8, 4) is 0 Å². The molecule has 0 aromatic carbocycles. The monoisotopic (exact) mass is 321 g/mol. The summed E-state index contributed by atoms with van der Waals surface area (Å²) in [7, 11) is 0. The SMILES string of the molecule is CCOC(=O)C[NH2+]N=NC(=N)c1cnc(N2CCNCC2)cn1. The molecule has 1 fully saturated rings. The van der Waals surface area contributed by atoms with Crippen molar-refractivity contribution in [2.45, 2.75) is 6.92 Å². The first kappa shape index (κ1) is 16.9. The summed E-state index contributed by atoms with van der Waals surface area (Å²) in [6.07, 6.45) is 3.14. The normalized spacial score (nSPS) is 14.9. The second-order valence-electron chi connectivity index (χ2n) is 4.75. The fourth-order valence-electron chi connectivity index (χ4n) is 1.99. The van der Waals surface area contributed by atoms with Crippen molar-refractivity contribution in [2.75, 3.05) is 44.2 Å². The predicted molar refractivity (Wildman–Crippen MR) is 82.2 cm³/mol. The molecule has 0 aliphatic carbocycles. The van der Waals surface area contributed by atoms with Crippen LogP contribution in [0.5, 0.6) is 0 Å². The molecule has 0 saturated carbocycles. The summed E-state index contributed by atoms with van der Waals surface area (Å²) in [5, 5.41) is 18.4. The quantitative estimate of drug-likeness (QED) is 0.149. The van der Waals surface area contributed by atoms with Crippen LogP contribution in [0.3, 0.4) is 0 Å². The van der Waals surface area contributed by atoms with E-state index in [0.29, 0.717) is 12.3 Å². The minimum Gasteiger partial charge on any atom is -0.462 e. The molecule has 0 spiro atoms. The van der Waals surface area contributed by atoms with Gasteiger partial charge in [0.15, 0.2) is 12.4 Å². The molecule has 0 atom stereocenters. The highest BCUT2D eigenvalue weighted by Gasteiger charge is 2.12. The van der Waals surface area contributed by atoms with Crippen molar-refractivity contribution in [1.82, 2.24) is 15.3 Å². The number of nitrogens with zero attached hydrogens (tertiary/aromatic N) is 5. The number of rotatable bonds is 6. The third-order valence-corrected chi connectivity index (χ3v) is 3.12. The molecule has 0 bridgehead atoms. The zero-order chi connectivity index (χ0) is 16.5. The highest BCUT2D eigenvalue weighted by molar-refractivity contribution is 5.94. The van der Waals surface area contributed by atoms with Crippen LogP contribution in [-0.2, 0) is 9.53 Å². The van der Waals surface area contributed by atoms with Crippen LogP contribution in [0, 0.1) is 5.41 Å². The van der Waals surface area contributed by atoms with Crippen LogP contribution in [0.25, 0.3) is 0 Å². The molecule has 124 valence electrons. The molecule has 4 N–H and O–H groups in total. The Labute approximate surface area is 133 Å². The van der Waals surface area contributed by atoms with Crippen molar-refractivity contribution in [3.63, 3.8) is 0 Å². The summed E-state index contributed by atoms with van der Waals surface area (Å²) in [6, 6.07) is 0. The third kappa shape index (κ3) is 5.34. The molecule has 0 unspecified atom stereocenters. The number of amidine groups is 1. The molecule has 0 amide bonds. The lowest BCUT2D eigenvalue weighted by Crippen LogP contribution is -2.79. The van der Waals surface area contributed by atoms with E-state index in [1.54, 1.807) is 13.1 Å². The van der Waals surface area contributed by atoms with Crippen LogP contribution in [0.1, 0.15) is 12.6 Å². The van der Waals surface area contributed by atoms with Gasteiger partial charge in [-0.3, -0.25) is 5.41 Å². The Balaban J connectivity index is 1.83. The first-order valence-corrected chi connectivity index (χ1v) is 7.45. The van der Waals surface area contributed by atoms with Gasteiger partial charge in [-0.1, -0.05) is 5.11 Å². The maximum Gasteiger partial charge on any atom is 0.364 e. The molecule has 2 rings (SSSR count). The molecule has 0 radical (unpaired) electrons. The van der Waals surface area contributed by atoms with Gasteiger partial charge in [0.25, 0.3) is 0 Å². The van der Waals surface area contributed by atoms with Gasteiger partial charge in [0.05, 0.1) is 19.0 Å². The van der Waals surface area contributed by atoms with Crippen LogP contribution in [0.4, 0.5) is 5.82 Å². The van der Waals surface area contributed by atoms with Crippen molar-refractivity contribution in [1.29, 1.82) is 5.41 Å². The minimum absolute atomic E-state index is 0.0260. The average molecular weight is 321 g/mol. The van der Waals surface area contributed by atoms with Gasteiger partial charge in [-0.25, -0.2) is 14.8 Å². The molecular formula is C13H21N8O2+. The lowest BCUT2D eigenvalue weighted by atomic mass is 10.3. The molecule has 10 nitrogen and oxygen atoms in total. The van der Waals surface area contributed by atoms with Crippen molar-refractivity contribution < 1.29 is 15.0 Å². The number of nitrogens with two attached hydrogens (primary N) is 1. The smallest absolute Gasteiger partial charge is 0.364 e. The lowest BCUT2D eigenvalue weighted by molar-refractivity contribution is -0.658. The van der Waals surface area contributed by atoms with E-state index in [1.807, 2.05) is 0 Å². The number of ether oxygens (including phenoxy) is 1. The zero-order valence-corrected chi connectivity index (χ0v) is 13.0. The van der Waals surface area contributed by atoms with E-state index in [9.17, 15) is 4.79 Å². The highest BCUT2D eigenvalue weighted by Crippen LogP contribution is 2.09. The molecular weight excluding hydrogens is 300 g/mol. The standard InChI is InChI=1S/C13H20N8O2/c1-2-23-12(22)9-18-20-19-13(14)10-7-17-11(8-16-10)21-5-3-15-4-6-21/h7-8,15H,2-6,9H2,1H3,(H2,14,18,19)/p+1. The summed E-state index contributed by atoms with van der Waals surface area (Å²) >= 11 is 0. The fraction of sp³-hybridized carbons (Fsp3) is 0.538. The van der Waals surface area contributed by atoms with Crippen molar-refractivity contribution in [3.05, 3.63) is 18.1 Å². The molecule has 1 saturated heterocycles. The Morgan fingerprint density at radius 2 is 2.22 bits per heavy atom. The summed E-state index contributed by atoms with van der Waals surface area (Å²) in [4.78, 5) is 21.7. The third-order valence-electron chi connectivity index (χ3n) is 3.12. The van der Waals surface area contributed by atoms with Gasteiger partial charge < -0.3 is 15.0 Å². The van der Waals surface area contributed by atoms with Gasteiger partial charge in [0, 0.05) is 31.4 Å². The molecule has 1 aromatic rings. The largest absolute Gasteiger partial charge is 0.462 e. The molecule has 2 heterocycles. The van der Waals surface area contributed by atoms with Gasteiger partial charge in [-0.2, -0.15) is 5.43 Å². The molecule has 1 aliphatic heterocycles. The predicted octanol–water partition coefficient (Wildman–Crippen LogP) is -1.29. The Bertz CT molecular complexity index is 554. The maximum absolute atomic E-state index is 11.1. The van der Waals surface area contributed by atoms with Gasteiger partial charge in [-0.05, 0) is 6.92 Å².